The van der Waals surface area contributed by atoms with Crippen LogP contribution in [0.3, 0.4) is 0 Å². The number of amides is 2. The lowest BCUT2D eigenvalue weighted by Crippen LogP contribution is -2.47. The van der Waals surface area contributed by atoms with Gasteiger partial charge in [0.2, 0.25) is 5.91 Å². The summed E-state index contributed by atoms with van der Waals surface area (Å²) in [4.78, 5) is 23.9. The van der Waals surface area contributed by atoms with E-state index in [1.165, 1.54) is 18.2 Å². The molecule has 0 heterocycles. The van der Waals surface area contributed by atoms with Crippen LogP contribution in [-0.4, -0.2) is 24.5 Å². The number of ether oxygens (including phenoxy) is 1. The van der Waals surface area contributed by atoms with Gasteiger partial charge in [-0.15, -0.1) is 0 Å². The Morgan fingerprint density at radius 2 is 2.09 bits per heavy atom. The number of rotatable bonds is 5. The second kappa shape index (κ2) is 7.24. The highest BCUT2D eigenvalue weighted by Gasteiger charge is 2.31. The molecule has 1 aromatic carbocycles. The van der Waals surface area contributed by atoms with Crippen LogP contribution in [-0.2, 0) is 4.79 Å². The number of hydrogen-bond acceptors (Lipinski definition) is 3. The van der Waals surface area contributed by atoms with Crippen LogP contribution in [0.15, 0.2) is 18.2 Å². The Morgan fingerprint density at radius 1 is 1.36 bits per heavy atom. The molecule has 1 fully saturated rings. The average molecular weight is 308 g/mol. The molecule has 5 nitrogen and oxygen atoms in total. The van der Waals surface area contributed by atoms with Gasteiger partial charge >= 0.3 is 0 Å². The van der Waals surface area contributed by atoms with Crippen molar-refractivity contribution in [2.24, 2.45) is 11.7 Å². The predicted octanol–water partition coefficient (Wildman–Crippen LogP) is 2.00. The Kier molecular flexibility index (Phi) is 5.35. The summed E-state index contributed by atoms with van der Waals surface area (Å²) in [6.45, 7) is 1.98. The Labute approximate surface area is 129 Å². The maximum atomic E-state index is 13.8. The number of para-hydroxylation sites is 1. The number of nitrogens with one attached hydrogen (secondary N) is 1. The molecule has 22 heavy (non-hydrogen) atoms. The first-order valence-corrected chi connectivity index (χ1v) is 7.56. The van der Waals surface area contributed by atoms with E-state index in [0.29, 0.717) is 12.8 Å². The second-order valence-electron chi connectivity index (χ2n) is 5.42. The van der Waals surface area contributed by atoms with Crippen molar-refractivity contribution in [1.82, 2.24) is 5.32 Å². The smallest absolute Gasteiger partial charge is 0.255 e. The van der Waals surface area contributed by atoms with E-state index in [4.69, 9.17) is 10.5 Å². The normalized spacial score (nSPS) is 21.2. The molecule has 0 radical (unpaired) electrons. The van der Waals surface area contributed by atoms with Crippen molar-refractivity contribution in [1.29, 1.82) is 0 Å². The molecule has 2 rings (SSSR count). The van der Waals surface area contributed by atoms with Crippen molar-refractivity contribution in [2.75, 3.05) is 6.61 Å². The summed E-state index contributed by atoms with van der Waals surface area (Å²) in [5.74, 6) is -1.87. The fourth-order valence-corrected chi connectivity index (χ4v) is 2.87. The molecule has 120 valence electrons. The number of hydrogen-bond donors (Lipinski definition) is 2. The van der Waals surface area contributed by atoms with E-state index in [9.17, 15) is 14.0 Å². The fourth-order valence-electron chi connectivity index (χ4n) is 2.87. The first kappa shape index (κ1) is 16.3. The fraction of sp³-hybridized carbons (Fsp3) is 0.500. The zero-order valence-corrected chi connectivity index (χ0v) is 12.6. The molecule has 1 aliphatic carbocycles. The molecule has 2 unspecified atom stereocenters. The first-order valence-electron chi connectivity index (χ1n) is 7.56. The Morgan fingerprint density at radius 3 is 2.77 bits per heavy atom. The standard InChI is InChI=1S/C16H21FN2O3/c1-2-22-14-11(7-5-8-12(14)17)16(21)19-13-9-4-3-6-10(13)15(18)20/h5,7-8,10,13H,2-4,6,9H2,1H3,(H2,18,20)(H,19,21). The van der Waals surface area contributed by atoms with E-state index in [2.05, 4.69) is 5.32 Å². The summed E-state index contributed by atoms with van der Waals surface area (Å²) in [7, 11) is 0. The van der Waals surface area contributed by atoms with Crippen molar-refractivity contribution in [3.8, 4) is 5.75 Å². The SMILES string of the molecule is CCOc1c(F)cccc1C(=O)NC1CCCCC1C(N)=O. The minimum atomic E-state index is -0.579. The molecule has 1 saturated carbocycles. The molecule has 0 aliphatic heterocycles. The number of carbonyl (C=O) groups is 2. The summed E-state index contributed by atoms with van der Waals surface area (Å²) in [6.07, 6.45) is 3.21. The Bertz CT molecular complexity index is 562. The zero-order chi connectivity index (χ0) is 16.1. The molecule has 2 amide bonds. The Balaban J connectivity index is 2.18. The van der Waals surface area contributed by atoms with Crippen LogP contribution in [0.4, 0.5) is 4.39 Å². The minimum absolute atomic E-state index is 0.0612. The summed E-state index contributed by atoms with van der Waals surface area (Å²) in [6, 6.07) is 3.90. The molecule has 0 bridgehead atoms. The van der Waals surface area contributed by atoms with E-state index in [1.807, 2.05) is 0 Å². The maximum Gasteiger partial charge on any atom is 0.255 e. The van der Waals surface area contributed by atoms with Gasteiger partial charge in [-0.25, -0.2) is 4.39 Å². The van der Waals surface area contributed by atoms with Gasteiger partial charge in [-0.05, 0) is 31.9 Å². The molecular formula is C16H21FN2O3. The second-order valence-corrected chi connectivity index (χ2v) is 5.42. The molecule has 0 spiro atoms. The highest BCUT2D eigenvalue weighted by molar-refractivity contribution is 5.97. The number of carbonyl (C=O) groups excluding carboxylic acids is 2. The third-order valence-corrected chi connectivity index (χ3v) is 3.95. The van der Waals surface area contributed by atoms with Gasteiger partial charge in [0.1, 0.15) is 0 Å². The van der Waals surface area contributed by atoms with Crippen LogP contribution in [0.1, 0.15) is 43.0 Å². The summed E-state index contributed by atoms with van der Waals surface area (Å²) < 4.78 is 19.0. The van der Waals surface area contributed by atoms with Gasteiger partial charge in [0.25, 0.3) is 5.91 Å². The largest absolute Gasteiger partial charge is 0.490 e. The summed E-state index contributed by atoms with van der Waals surface area (Å²) in [5.41, 5.74) is 5.53. The van der Waals surface area contributed by atoms with Gasteiger partial charge < -0.3 is 15.8 Å². The highest BCUT2D eigenvalue weighted by atomic mass is 19.1. The summed E-state index contributed by atoms with van der Waals surface area (Å²) >= 11 is 0. The van der Waals surface area contributed by atoms with Crippen LogP contribution in [0.2, 0.25) is 0 Å². The molecule has 2 atom stereocenters. The Hall–Kier alpha value is -2.11. The molecule has 0 aromatic heterocycles. The lowest BCUT2D eigenvalue weighted by molar-refractivity contribution is -0.123. The van der Waals surface area contributed by atoms with Crippen LogP contribution >= 0.6 is 0 Å². The van der Waals surface area contributed by atoms with E-state index in [-0.39, 0.29) is 29.9 Å². The van der Waals surface area contributed by atoms with Crippen molar-refractivity contribution in [2.45, 2.75) is 38.6 Å². The third-order valence-electron chi connectivity index (χ3n) is 3.95. The maximum absolute atomic E-state index is 13.8. The highest BCUT2D eigenvalue weighted by Crippen LogP contribution is 2.26. The molecule has 0 saturated heterocycles. The van der Waals surface area contributed by atoms with Gasteiger partial charge in [0.05, 0.1) is 18.1 Å². The monoisotopic (exact) mass is 308 g/mol. The number of nitrogens with two attached hydrogens (primary N) is 1. The third kappa shape index (κ3) is 3.55. The van der Waals surface area contributed by atoms with Crippen LogP contribution in [0.5, 0.6) is 5.75 Å². The number of primary amides is 1. The molecule has 6 heteroatoms. The molecular weight excluding hydrogens is 287 g/mol. The lowest BCUT2D eigenvalue weighted by Gasteiger charge is -2.30. The van der Waals surface area contributed by atoms with Crippen LogP contribution in [0.25, 0.3) is 0 Å². The van der Waals surface area contributed by atoms with Gasteiger partial charge in [-0.3, -0.25) is 9.59 Å². The van der Waals surface area contributed by atoms with Crippen molar-refractivity contribution in [3.63, 3.8) is 0 Å². The lowest BCUT2D eigenvalue weighted by atomic mass is 9.84. The van der Waals surface area contributed by atoms with E-state index in [1.54, 1.807) is 6.92 Å². The van der Waals surface area contributed by atoms with Gasteiger partial charge in [-0.1, -0.05) is 18.9 Å². The minimum Gasteiger partial charge on any atom is -0.490 e. The quantitative estimate of drug-likeness (QED) is 0.873. The van der Waals surface area contributed by atoms with Gasteiger partial charge in [-0.2, -0.15) is 0 Å². The van der Waals surface area contributed by atoms with E-state index in [0.717, 1.165) is 12.8 Å². The topological polar surface area (TPSA) is 81.4 Å². The van der Waals surface area contributed by atoms with Crippen molar-refractivity contribution >= 4 is 11.8 Å². The molecule has 1 aliphatic rings. The number of halogens is 1. The number of benzene rings is 1. The van der Waals surface area contributed by atoms with Crippen molar-refractivity contribution in [3.05, 3.63) is 29.6 Å². The molecule has 1 aromatic rings. The van der Waals surface area contributed by atoms with E-state index >= 15 is 0 Å². The van der Waals surface area contributed by atoms with Gasteiger partial charge in [0, 0.05) is 6.04 Å². The molecule has 3 N–H and O–H groups in total. The average Bonchev–Trinajstić information content (AvgIpc) is 2.49. The first-order chi connectivity index (χ1) is 10.5. The van der Waals surface area contributed by atoms with E-state index < -0.39 is 17.6 Å². The zero-order valence-electron chi connectivity index (χ0n) is 12.6. The summed E-state index contributed by atoms with van der Waals surface area (Å²) in [5, 5.41) is 2.81. The van der Waals surface area contributed by atoms with Crippen LogP contribution in [0, 0.1) is 11.7 Å². The predicted molar refractivity (Wildman–Crippen MR) is 80.0 cm³/mol. The van der Waals surface area contributed by atoms with Gasteiger partial charge in [0.15, 0.2) is 11.6 Å². The van der Waals surface area contributed by atoms with Crippen LogP contribution < -0.4 is 15.8 Å². The van der Waals surface area contributed by atoms with Crippen molar-refractivity contribution < 1.29 is 18.7 Å².